The quantitative estimate of drug-likeness (QED) is 0.680. The van der Waals surface area contributed by atoms with Crippen LogP contribution in [0.1, 0.15) is 56.8 Å². The van der Waals surface area contributed by atoms with E-state index in [2.05, 4.69) is 28.9 Å². The summed E-state index contributed by atoms with van der Waals surface area (Å²) in [7, 11) is 0. The molecule has 25 heavy (non-hydrogen) atoms. The molecule has 1 fully saturated rings. The summed E-state index contributed by atoms with van der Waals surface area (Å²) in [4.78, 5) is 12.2. The lowest BCUT2D eigenvalue weighted by atomic mass is 9.74. The minimum atomic E-state index is -0.370. The minimum absolute atomic E-state index is 0.174. The number of anilines is 1. The molecule has 1 saturated carbocycles. The van der Waals surface area contributed by atoms with E-state index in [-0.39, 0.29) is 11.6 Å². The van der Waals surface area contributed by atoms with Crippen LogP contribution in [0.2, 0.25) is 5.02 Å². The monoisotopic (exact) mass is 361 g/mol. The zero-order valence-electron chi connectivity index (χ0n) is 14.5. The zero-order chi connectivity index (χ0) is 17.4. The fraction of sp³-hybridized carbons (Fsp3) is 0.526. The first-order valence-electron chi connectivity index (χ1n) is 9.18. The molecule has 1 spiro atoms. The molecule has 5 nitrogen and oxygen atoms in total. The van der Waals surface area contributed by atoms with Crippen LogP contribution < -0.4 is 16.0 Å². The maximum absolute atomic E-state index is 12.2. The first-order valence-corrected chi connectivity index (χ1v) is 9.56. The number of hydrogen-bond donors (Lipinski definition) is 3. The van der Waals surface area contributed by atoms with E-state index in [1.165, 1.54) is 6.42 Å². The van der Waals surface area contributed by atoms with Gasteiger partial charge in [-0.1, -0.05) is 37.8 Å². The molecule has 0 atom stereocenters. The highest BCUT2D eigenvalue weighted by Crippen LogP contribution is 2.48. The molecule has 1 aliphatic heterocycles. The van der Waals surface area contributed by atoms with Crippen molar-refractivity contribution in [2.45, 2.75) is 57.5 Å². The maximum atomic E-state index is 12.2. The Morgan fingerprint density at radius 3 is 2.84 bits per heavy atom. The Bertz CT molecular complexity index is 809. The van der Waals surface area contributed by atoms with Gasteiger partial charge in [0.2, 0.25) is 0 Å². The van der Waals surface area contributed by atoms with Crippen LogP contribution in [-0.2, 0) is 12.1 Å². The molecular weight excluding hydrogens is 338 g/mol. The Labute approximate surface area is 152 Å². The average molecular weight is 362 g/mol. The lowest BCUT2D eigenvalue weighted by Gasteiger charge is -2.42. The molecule has 1 aromatic carbocycles. The molecule has 134 valence electrons. The number of fused-ring (bicyclic) bond motifs is 4. The van der Waals surface area contributed by atoms with Gasteiger partial charge < -0.3 is 20.4 Å². The number of hydrogen-bond acceptors (Lipinski definition) is 3. The third-order valence-corrected chi connectivity index (χ3v) is 5.61. The number of nitrogens with one attached hydrogen (secondary N) is 3. The summed E-state index contributed by atoms with van der Waals surface area (Å²) in [6.07, 6.45) is 6.33. The van der Waals surface area contributed by atoms with Gasteiger partial charge >= 0.3 is 6.03 Å². The van der Waals surface area contributed by atoms with Crippen molar-refractivity contribution < 1.29 is 9.21 Å². The molecular formula is C19H24ClN3O2. The van der Waals surface area contributed by atoms with E-state index in [4.69, 9.17) is 16.0 Å². The highest BCUT2D eigenvalue weighted by Gasteiger charge is 2.43. The number of carbonyl (C=O) groups excluding carboxylic acids is 1. The van der Waals surface area contributed by atoms with Gasteiger partial charge in [0.15, 0.2) is 0 Å². The van der Waals surface area contributed by atoms with Crippen LogP contribution in [0.15, 0.2) is 16.5 Å². The number of amides is 2. The lowest BCUT2D eigenvalue weighted by molar-refractivity contribution is 0.209. The Morgan fingerprint density at radius 2 is 2.08 bits per heavy atom. The number of halogens is 1. The fourth-order valence-electron chi connectivity index (χ4n) is 4.21. The van der Waals surface area contributed by atoms with Crippen LogP contribution in [0.5, 0.6) is 0 Å². The second-order valence-corrected chi connectivity index (χ2v) is 7.55. The van der Waals surface area contributed by atoms with E-state index >= 15 is 0 Å². The average Bonchev–Trinajstić information content (AvgIpc) is 2.98. The Hall–Kier alpha value is -1.72. The van der Waals surface area contributed by atoms with E-state index in [9.17, 15) is 4.79 Å². The van der Waals surface area contributed by atoms with Gasteiger partial charge in [-0.05, 0) is 37.9 Å². The standard InChI is InChI=1S/C19H24ClN3O2/c1-2-8-21-11-13-9-12-10-14(20)16-15(17(12)25-13)19(23-18(24)22-16)6-4-3-5-7-19/h9-10,21H,2-8,11H2,1H3,(H2,22,23,24). The van der Waals surface area contributed by atoms with Crippen molar-refractivity contribution in [2.75, 3.05) is 11.9 Å². The minimum Gasteiger partial charge on any atom is -0.459 e. The van der Waals surface area contributed by atoms with Crippen molar-refractivity contribution in [2.24, 2.45) is 0 Å². The molecule has 0 unspecified atom stereocenters. The normalized spacial score (nSPS) is 18.9. The van der Waals surface area contributed by atoms with Crippen LogP contribution in [0.25, 0.3) is 11.0 Å². The van der Waals surface area contributed by atoms with Gasteiger partial charge in [-0.2, -0.15) is 0 Å². The van der Waals surface area contributed by atoms with Crippen LogP contribution in [0.3, 0.4) is 0 Å². The summed E-state index contributed by atoms with van der Waals surface area (Å²) in [6, 6.07) is 3.77. The second-order valence-electron chi connectivity index (χ2n) is 7.14. The number of rotatable bonds is 4. The van der Waals surface area contributed by atoms with Crippen molar-refractivity contribution >= 4 is 34.3 Å². The molecule has 2 amide bonds. The van der Waals surface area contributed by atoms with Gasteiger partial charge in [0.1, 0.15) is 11.3 Å². The highest BCUT2D eigenvalue weighted by molar-refractivity contribution is 6.35. The smallest absolute Gasteiger partial charge is 0.319 e. The van der Waals surface area contributed by atoms with Gasteiger partial charge in [0.25, 0.3) is 0 Å². The molecule has 2 aromatic rings. The highest BCUT2D eigenvalue weighted by atomic mass is 35.5. The Kier molecular flexibility index (Phi) is 4.38. The SMILES string of the molecule is CCCNCc1cc2cc(Cl)c3c(c2o1)C1(CCCCC1)NC(=O)N3. The molecule has 3 N–H and O–H groups in total. The van der Waals surface area contributed by atoms with Crippen molar-refractivity contribution in [3.05, 3.63) is 28.5 Å². The van der Waals surface area contributed by atoms with Crippen LogP contribution in [-0.4, -0.2) is 12.6 Å². The van der Waals surface area contributed by atoms with Crippen LogP contribution >= 0.6 is 11.6 Å². The number of urea groups is 1. The summed E-state index contributed by atoms with van der Waals surface area (Å²) in [5.74, 6) is 0.899. The molecule has 6 heteroatoms. The van der Waals surface area contributed by atoms with Crippen molar-refractivity contribution in [3.63, 3.8) is 0 Å². The number of benzene rings is 1. The predicted octanol–water partition coefficient (Wildman–Crippen LogP) is 4.88. The van der Waals surface area contributed by atoms with E-state index in [0.29, 0.717) is 17.3 Å². The molecule has 0 saturated heterocycles. The van der Waals surface area contributed by atoms with Gasteiger partial charge in [0, 0.05) is 10.9 Å². The van der Waals surface area contributed by atoms with E-state index in [0.717, 1.165) is 60.9 Å². The maximum Gasteiger partial charge on any atom is 0.319 e. The van der Waals surface area contributed by atoms with Crippen molar-refractivity contribution in [3.8, 4) is 0 Å². The van der Waals surface area contributed by atoms with Gasteiger partial charge in [-0.3, -0.25) is 0 Å². The summed E-state index contributed by atoms with van der Waals surface area (Å²) in [5.41, 5.74) is 2.21. The van der Waals surface area contributed by atoms with E-state index < -0.39 is 0 Å². The summed E-state index contributed by atoms with van der Waals surface area (Å²) >= 11 is 6.53. The Balaban J connectivity index is 1.84. The van der Waals surface area contributed by atoms with Crippen molar-refractivity contribution in [1.29, 1.82) is 0 Å². The summed E-state index contributed by atoms with van der Waals surface area (Å²) in [5, 5.41) is 11.0. The number of furan rings is 1. The second kappa shape index (κ2) is 6.54. The largest absolute Gasteiger partial charge is 0.459 e. The topological polar surface area (TPSA) is 66.3 Å². The Morgan fingerprint density at radius 1 is 1.28 bits per heavy atom. The third-order valence-electron chi connectivity index (χ3n) is 5.31. The predicted molar refractivity (Wildman–Crippen MR) is 100 cm³/mol. The molecule has 0 bridgehead atoms. The lowest BCUT2D eigenvalue weighted by Crippen LogP contribution is -2.52. The van der Waals surface area contributed by atoms with Gasteiger partial charge in [0.05, 0.1) is 22.8 Å². The van der Waals surface area contributed by atoms with Crippen LogP contribution in [0.4, 0.5) is 10.5 Å². The third kappa shape index (κ3) is 2.89. The summed E-state index contributed by atoms with van der Waals surface area (Å²) in [6.45, 7) is 3.79. The first-order chi connectivity index (χ1) is 12.1. The van der Waals surface area contributed by atoms with Gasteiger partial charge in [-0.15, -0.1) is 0 Å². The van der Waals surface area contributed by atoms with E-state index in [1.54, 1.807) is 0 Å². The van der Waals surface area contributed by atoms with E-state index in [1.807, 2.05) is 6.07 Å². The zero-order valence-corrected chi connectivity index (χ0v) is 15.3. The number of carbonyl (C=O) groups is 1. The molecule has 2 aliphatic rings. The van der Waals surface area contributed by atoms with Gasteiger partial charge in [-0.25, -0.2) is 4.79 Å². The van der Waals surface area contributed by atoms with Crippen molar-refractivity contribution in [1.82, 2.24) is 10.6 Å². The molecule has 4 rings (SSSR count). The molecule has 1 aliphatic carbocycles. The molecule has 0 radical (unpaired) electrons. The first kappa shape index (κ1) is 16.7. The fourth-order valence-corrected chi connectivity index (χ4v) is 4.47. The van der Waals surface area contributed by atoms with Crippen LogP contribution in [0, 0.1) is 0 Å². The molecule has 2 heterocycles. The molecule has 1 aromatic heterocycles. The summed E-state index contributed by atoms with van der Waals surface area (Å²) < 4.78 is 6.22.